The van der Waals surface area contributed by atoms with Gasteiger partial charge in [-0.3, -0.25) is 4.79 Å². The number of fused-ring (bicyclic) bond motifs is 1. The van der Waals surface area contributed by atoms with Gasteiger partial charge in [-0.1, -0.05) is 0 Å². The van der Waals surface area contributed by atoms with Crippen LogP contribution in [-0.4, -0.2) is 36.1 Å². The largest absolute Gasteiger partial charge is 0.495 e. The molecule has 7 nitrogen and oxygen atoms in total. The van der Waals surface area contributed by atoms with E-state index in [0.717, 1.165) is 35.4 Å². The number of thiophene rings is 1. The summed E-state index contributed by atoms with van der Waals surface area (Å²) < 4.78 is 5.16. The number of methoxy groups -OCH3 is 1. The Kier molecular flexibility index (Phi) is 6.21. The third kappa shape index (κ3) is 3.98. The fourth-order valence-corrected chi connectivity index (χ4v) is 4.20. The van der Waals surface area contributed by atoms with E-state index in [1.807, 2.05) is 11.4 Å². The lowest BCUT2D eigenvalue weighted by Crippen LogP contribution is -2.41. The predicted molar refractivity (Wildman–Crippen MR) is 116 cm³/mol. The molecule has 9 heteroatoms. The van der Waals surface area contributed by atoms with Gasteiger partial charge in [0.2, 0.25) is 5.91 Å². The number of nitrogens with two attached hydrogens (primary N) is 1. The van der Waals surface area contributed by atoms with Gasteiger partial charge in [-0.15, -0.1) is 23.7 Å². The van der Waals surface area contributed by atoms with Crippen LogP contribution >= 0.6 is 23.7 Å². The number of nitrogens with zero attached hydrogens (tertiary/aromatic N) is 3. The number of nitrogen functional groups attached to an aromatic ring is 1. The maximum atomic E-state index is 12.8. The summed E-state index contributed by atoms with van der Waals surface area (Å²) in [5, 5.41) is 6.04. The highest BCUT2D eigenvalue weighted by Gasteiger charge is 2.27. The third-order valence-corrected chi connectivity index (χ3v) is 5.65. The Hall–Kier alpha value is -2.58. The van der Waals surface area contributed by atoms with E-state index in [1.165, 1.54) is 0 Å². The monoisotopic (exact) mass is 419 g/mol. The Morgan fingerprint density at radius 1 is 1.36 bits per heavy atom. The van der Waals surface area contributed by atoms with Crippen LogP contribution in [-0.2, 0) is 4.79 Å². The molecule has 1 aliphatic rings. The molecule has 1 aliphatic heterocycles. The second kappa shape index (κ2) is 8.62. The Morgan fingerprint density at radius 2 is 2.21 bits per heavy atom. The van der Waals surface area contributed by atoms with Crippen LogP contribution in [0.4, 0.5) is 17.2 Å². The van der Waals surface area contributed by atoms with Gasteiger partial charge in [-0.2, -0.15) is 0 Å². The number of amides is 1. The minimum absolute atomic E-state index is 0. The van der Waals surface area contributed by atoms with Gasteiger partial charge >= 0.3 is 0 Å². The van der Waals surface area contributed by atoms with Gasteiger partial charge in [0.05, 0.1) is 24.1 Å². The molecule has 4 rings (SSSR count). The molecule has 3 aromatic rings. The van der Waals surface area contributed by atoms with Crippen LogP contribution in [0, 0.1) is 5.92 Å². The average molecular weight is 420 g/mol. The van der Waals surface area contributed by atoms with Gasteiger partial charge in [0, 0.05) is 18.8 Å². The van der Waals surface area contributed by atoms with Crippen molar-refractivity contribution in [2.45, 2.75) is 12.8 Å². The molecular formula is C19H22ClN5O2S. The van der Waals surface area contributed by atoms with E-state index in [0.29, 0.717) is 23.7 Å². The second-order valence-electron chi connectivity index (χ2n) is 6.57. The number of rotatable bonds is 4. The number of piperidine rings is 1. The molecule has 1 unspecified atom stereocenters. The van der Waals surface area contributed by atoms with Crippen LogP contribution < -0.4 is 20.7 Å². The topological polar surface area (TPSA) is 93.4 Å². The minimum atomic E-state index is -0.106. The van der Waals surface area contributed by atoms with E-state index in [4.69, 9.17) is 10.5 Å². The molecule has 28 heavy (non-hydrogen) atoms. The van der Waals surface area contributed by atoms with Crippen molar-refractivity contribution in [1.82, 2.24) is 9.97 Å². The van der Waals surface area contributed by atoms with E-state index in [1.54, 1.807) is 43.0 Å². The van der Waals surface area contributed by atoms with Crippen LogP contribution in [0.1, 0.15) is 12.8 Å². The van der Waals surface area contributed by atoms with Crippen LogP contribution in [0.3, 0.4) is 0 Å². The number of carbonyl (C=O) groups is 1. The van der Waals surface area contributed by atoms with Gasteiger partial charge < -0.3 is 20.7 Å². The van der Waals surface area contributed by atoms with Gasteiger partial charge in [0.25, 0.3) is 0 Å². The second-order valence-corrected chi connectivity index (χ2v) is 7.46. The fraction of sp³-hybridized carbons (Fsp3) is 0.316. The first-order valence-corrected chi connectivity index (χ1v) is 9.71. The quantitative estimate of drug-likeness (QED) is 0.628. The minimum Gasteiger partial charge on any atom is -0.495 e. The molecule has 0 saturated carbocycles. The zero-order chi connectivity index (χ0) is 18.8. The SMILES string of the molecule is COc1ccc(NC(=O)C2CCCN(c3ncnc4sccc34)C2)cc1N.Cl. The van der Waals surface area contributed by atoms with Crippen LogP contribution in [0.15, 0.2) is 36.0 Å². The number of hydrogen-bond donors (Lipinski definition) is 2. The van der Waals surface area contributed by atoms with Gasteiger partial charge in [-0.25, -0.2) is 9.97 Å². The molecule has 0 radical (unpaired) electrons. The number of carbonyl (C=O) groups excluding carboxylic acids is 1. The zero-order valence-corrected chi connectivity index (χ0v) is 17.1. The maximum Gasteiger partial charge on any atom is 0.229 e. The first-order chi connectivity index (χ1) is 13.2. The number of nitrogens with one attached hydrogen (secondary N) is 1. The molecule has 3 heterocycles. The summed E-state index contributed by atoms with van der Waals surface area (Å²) in [6.07, 6.45) is 3.39. The Labute approximate surface area is 173 Å². The lowest BCUT2D eigenvalue weighted by atomic mass is 9.97. The number of aromatic nitrogens is 2. The standard InChI is InChI=1S/C19H21N5O2S.ClH/c1-26-16-5-4-13(9-15(16)20)23-18(25)12-3-2-7-24(10-12)17-14-6-8-27-19(14)22-11-21-17;/h4-6,8-9,11-12H,2-3,7,10,20H2,1H3,(H,23,25);1H. The van der Waals surface area contributed by atoms with E-state index in [9.17, 15) is 4.79 Å². The summed E-state index contributed by atoms with van der Waals surface area (Å²) in [6.45, 7) is 1.53. The molecule has 1 fully saturated rings. The van der Waals surface area contributed by atoms with Gasteiger partial charge in [0.15, 0.2) is 0 Å². The van der Waals surface area contributed by atoms with Crippen LogP contribution in [0.5, 0.6) is 5.75 Å². The van der Waals surface area contributed by atoms with Crippen LogP contribution in [0.25, 0.3) is 10.2 Å². The van der Waals surface area contributed by atoms with E-state index < -0.39 is 0 Å². The van der Waals surface area contributed by atoms with Crippen LogP contribution in [0.2, 0.25) is 0 Å². The predicted octanol–water partition coefficient (Wildman–Crippen LogP) is 3.56. The number of hydrogen-bond acceptors (Lipinski definition) is 7. The zero-order valence-electron chi connectivity index (χ0n) is 15.4. The van der Waals surface area contributed by atoms with Gasteiger partial charge in [0.1, 0.15) is 22.7 Å². The number of benzene rings is 1. The highest BCUT2D eigenvalue weighted by molar-refractivity contribution is 7.16. The molecule has 0 bridgehead atoms. The van der Waals surface area contributed by atoms with Crippen molar-refractivity contribution in [3.8, 4) is 5.75 Å². The Morgan fingerprint density at radius 3 is 3.00 bits per heavy atom. The lowest BCUT2D eigenvalue weighted by molar-refractivity contribution is -0.120. The van der Waals surface area contributed by atoms with Crippen molar-refractivity contribution >= 4 is 57.1 Å². The first kappa shape index (κ1) is 20.2. The summed E-state index contributed by atoms with van der Waals surface area (Å²) in [5.74, 6) is 1.40. The summed E-state index contributed by atoms with van der Waals surface area (Å²) in [6, 6.07) is 7.31. The summed E-state index contributed by atoms with van der Waals surface area (Å²) in [4.78, 5) is 24.7. The molecule has 1 aromatic carbocycles. The molecular weight excluding hydrogens is 398 g/mol. The summed E-state index contributed by atoms with van der Waals surface area (Å²) in [5.41, 5.74) is 7.11. The van der Waals surface area contributed by atoms with E-state index in [-0.39, 0.29) is 24.2 Å². The van der Waals surface area contributed by atoms with Crippen molar-refractivity contribution in [2.75, 3.05) is 36.1 Å². The maximum absolute atomic E-state index is 12.8. The lowest BCUT2D eigenvalue weighted by Gasteiger charge is -2.33. The number of ether oxygens (including phenoxy) is 1. The summed E-state index contributed by atoms with van der Waals surface area (Å²) >= 11 is 1.60. The number of anilines is 3. The number of halogens is 1. The van der Waals surface area contributed by atoms with E-state index >= 15 is 0 Å². The first-order valence-electron chi connectivity index (χ1n) is 8.83. The molecule has 1 atom stereocenters. The van der Waals surface area contributed by atoms with Crippen molar-refractivity contribution in [3.05, 3.63) is 36.0 Å². The highest BCUT2D eigenvalue weighted by Crippen LogP contribution is 2.30. The normalized spacial score (nSPS) is 16.5. The molecule has 1 saturated heterocycles. The van der Waals surface area contributed by atoms with Crippen molar-refractivity contribution in [2.24, 2.45) is 5.92 Å². The van der Waals surface area contributed by atoms with Crippen molar-refractivity contribution in [1.29, 1.82) is 0 Å². The fourth-order valence-electron chi connectivity index (χ4n) is 3.47. The molecule has 1 amide bonds. The van der Waals surface area contributed by atoms with Gasteiger partial charge in [-0.05, 0) is 42.5 Å². The van der Waals surface area contributed by atoms with Crippen molar-refractivity contribution < 1.29 is 9.53 Å². The smallest absolute Gasteiger partial charge is 0.229 e. The third-order valence-electron chi connectivity index (χ3n) is 4.83. The Bertz CT molecular complexity index is 980. The Balaban J connectivity index is 0.00000225. The summed E-state index contributed by atoms with van der Waals surface area (Å²) in [7, 11) is 1.57. The molecule has 148 valence electrons. The highest BCUT2D eigenvalue weighted by atomic mass is 35.5. The average Bonchev–Trinajstić information content (AvgIpc) is 3.17. The molecule has 3 N–H and O–H groups in total. The molecule has 2 aromatic heterocycles. The van der Waals surface area contributed by atoms with E-state index in [2.05, 4.69) is 20.2 Å². The molecule has 0 spiro atoms. The van der Waals surface area contributed by atoms with Crippen molar-refractivity contribution in [3.63, 3.8) is 0 Å². The molecule has 0 aliphatic carbocycles.